The minimum Gasteiger partial charge on any atom is -0.378 e. The summed E-state index contributed by atoms with van der Waals surface area (Å²) in [4.78, 5) is 11.6. The number of hydrogen-bond donors (Lipinski definition) is 2. The third kappa shape index (κ3) is 2.93. The van der Waals surface area contributed by atoms with Crippen LogP contribution in [0.4, 0.5) is 11.9 Å². The van der Waals surface area contributed by atoms with Crippen molar-refractivity contribution in [3.63, 3.8) is 0 Å². The highest BCUT2D eigenvalue weighted by molar-refractivity contribution is 6.28. The largest absolute Gasteiger partial charge is 0.378 e. The van der Waals surface area contributed by atoms with Crippen LogP contribution in [0, 0.1) is 0 Å². The van der Waals surface area contributed by atoms with Gasteiger partial charge in [-0.25, -0.2) is 0 Å². The van der Waals surface area contributed by atoms with Crippen LogP contribution < -0.4 is 11.1 Å². The highest BCUT2D eigenvalue weighted by atomic mass is 35.5. The van der Waals surface area contributed by atoms with E-state index in [4.69, 9.17) is 22.1 Å². The van der Waals surface area contributed by atoms with Crippen molar-refractivity contribution in [1.82, 2.24) is 15.0 Å². The average Bonchev–Trinajstić information content (AvgIpc) is 2.15. The van der Waals surface area contributed by atoms with E-state index in [9.17, 15) is 0 Å². The van der Waals surface area contributed by atoms with Gasteiger partial charge in [0, 0.05) is 12.6 Å². The van der Waals surface area contributed by atoms with Gasteiger partial charge >= 0.3 is 0 Å². The predicted octanol–water partition coefficient (Wildman–Crippen LogP) is 1.09. The highest BCUT2D eigenvalue weighted by Gasteiger charge is 2.20. The topological polar surface area (TPSA) is 86.0 Å². The lowest BCUT2D eigenvalue weighted by Crippen LogP contribution is -2.33. The molecule has 0 aliphatic carbocycles. The number of nitrogen functional groups attached to an aromatic ring is 1. The summed E-state index contributed by atoms with van der Waals surface area (Å²) in [5, 5.41) is 3.29. The van der Waals surface area contributed by atoms with Crippen LogP contribution in [0.1, 0.15) is 19.8 Å². The molecular formula is C9H14ClN5O. The van der Waals surface area contributed by atoms with Crippen molar-refractivity contribution in [3.05, 3.63) is 5.28 Å². The van der Waals surface area contributed by atoms with Gasteiger partial charge in [-0.15, -0.1) is 0 Å². The second kappa shape index (κ2) is 4.80. The van der Waals surface area contributed by atoms with Crippen LogP contribution in [0.3, 0.4) is 0 Å². The van der Waals surface area contributed by atoms with Gasteiger partial charge in [0.25, 0.3) is 0 Å². The molecule has 0 saturated carbocycles. The molecule has 2 atom stereocenters. The van der Waals surface area contributed by atoms with E-state index in [1.165, 1.54) is 0 Å². The molecule has 1 aliphatic heterocycles. The molecule has 3 N–H and O–H groups in total. The molecule has 1 aromatic heterocycles. The third-order valence-corrected chi connectivity index (χ3v) is 2.61. The Morgan fingerprint density at radius 2 is 2.25 bits per heavy atom. The van der Waals surface area contributed by atoms with Gasteiger partial charge < -0.3 is 15.8 Å². The van der Waals surface area contributed by atoms with Gasteiger partial charge in [0.05, 0.1) is 6.10 Å². The molecule has 0 amide bonds. The number of nitrogens with two attached hydrogens (primary N) is 1. The predicted molar refractivity (Wildman–Crippen MR) is 61.3 cm³/mol. The molecular weight excluding hydrogens is 230 g/mol. The maximum absolute atomic E-state index is 5.69. The Morgan fingerprint density at radius 3 is 2.94 bits per heavy atom. The van der Waals surface area contributed by atoms with E-state index in [2.05, 4.69) is 20.3 Å². The minimum atomic E-state index is 0.107. The average molecular weight is 244 g/mol. The zero-order valence-electron chi connectivity index (χ0n) is 8.98. The van der Waals surface area contributed by atoms with Gasteiger partial charge in [0.15, 0.2) is 0 Å². The normalized spacial score (nSPS) is 25.4. The van der Waals surface area contributed by atoms with Crippen LogP contribution in [0.2, 0.25) is 5.28 Å². The SMILES string of the molecule is CC1CC(Nc2nc(N)nc(Cl)n2)CCO1. The Morgan fingerprint density at radius 1 is 1.44 bits per heavy atom. The molecule has 1 fully saturated rings. The number of nitrogens with zero attached hydrogens (tertiary/aromatic N) is 3. The Labute approximate surface area is 98.6 Å². The van der Waals surface area contributed by atoms with Crippen LogP contribution in [0.15, 0.2) is 0 Å². The number of halogens is 1. The molecule has 0 spiro atoms. The zero-order valence-corrected chi connectivity index (χ0v) is 9.74. The van der Waals surface area contributed by atoms with E-state index < -0.39 is 0 Å². The monoisotopic (exact) mass is 243 g/mol. The van der Waals surface area contributed by atoms with Gasteiger partial charge in [-0.3, -0.25) is 0 Å². The van der Waals surface area contributed by atoms with Crippen molar-refractivity contribution >= 4 is 23.5 Å². The number of nitrogens with one attached hydrogen (secondary N) is 1. The number of aromatic nitrogens is 3. The van der Waals surface area contributed by atoms with Crippen LogP contribution in [-0.2, 0) is 4.74 Å². The lowest BCUT2D eigenvalue weighted by Gasteiger charge is -2.27. The second-order valence-electron chi connectivity index (χ2n) is 3.83. The summed E-state index contributed by atoms with van der Waals surface area (Å²) >= 11 is 5.69. The molecule has 1 aliphatic rings. The molecule has 6 nitrogen and oxygen atoms in total. The molecule has 2 unspecified atom stereocenters. The molecule has 1 aromatic rings. The van der Waals surface area contributed by atoms with Crippen LogP contribution in [0.25, 0.3) is 0 Å². The Balaban J connectivity index is 2.02. The molecule has 0 radical (unpaired) electrons. The Bertz CT molecular complexity index is 355. The van der Waals surface area contributed by atoms with E-state index in [1.807, 2.05) is 6.92 Å². The number of rotatable bonds is 2. The first-order chi connectivity index (χ1) is 7.63. The summed E-state index contributed by atoms with van der Waals surface area (Å²) in [6.45, 7) is 2.79. The van der Waals surface area contributed by atoms with Crippen LogP contribution >= 0.6 is 11.6 Å². The lowest BCUT2D eigenvalue weighted by molar-refractivity contribution is 0.0231. The smallest absolute Gasteiger partial charge is 0.229 e. The molecule has 88 valence electrons. The fourth-order valence-corrected chi connectivity index (χ4v) is 1.91. The summed E-state index contributed by atoms with van der Waals surface area (Å²) in [5.41, 5.74) is 5.48. The molecule has 2 heterocycles. The molecule has 0 bridgehead atoms. The fraction of sp³-hybridized carbons (Fsp3) is 0.667. The molecule has 0 aromatic carbocycles. The van der Waals surface area contributed by atoms with Gasteiger partial charge in [0.1, 0.15) is 0 Å². The van der Waals surface area contributed by atoms with E-state index >= 15 is 0 Å². The molecule has 1 saturated heterocycles. The number of anilines is 2. The summed E-state index contributed by atoms with van der Waals surface area (Å²) in [7, 11) is 0. The first-order valence-corrected chi connectivity index (χ1v) is 5.56. The van der Waals surface area contributed by atoms with Crippen molar-refractivity contribution in [2.75, 3.05) is 17.7 Å². The number of ether oxygens (including phenoxy) is 1. The highest BCUT2D eigenvalue weighted by Crippen LogP contribution is 2.17. The summed E-state index contributed by atoms with van der Waals surface area (Å²) in [6, 6.07) is 0.293. The van der Waals surface area contributed by atoms with E-state index in [0.29, 0.717) is 12.0 Å². The fourth-order valence-electron chi connectivity index (χ4n) is 1.74. The summed E-state index contributed by atoms with van der Waals surface area (Å²) in [5.74, 6) is 0.555. The van der Waals surface area contributed by atoms with Crippen LogP contribution in [0.5, 0.6) is 0 Å². The molecule has 7 heteroatoms. The van der Waals surface area contributed by atoms with Crippen LogP contribution in [-0.4, -0.2) is 33.7 Å². The van der Waals surface area contributed by atoms with E-state index in [-0.39, 0.29) is 17.3 Å². The van der Waals surface area contributed by atoms with Gasteiger partial charge in [-0.1, -0.05) is 0 Å². The second-order valence-corrected chi connectivity index (χ2v) is 4.17. The van der Waals surface area contributed by atoms with Crippen molar-refractivity contribution in [1.29, 1.82) is 0 Å². The van der Waals surface area contributed by atoms with Crippen molar-refractivity contribution in [2.24, 2.45) is 0 Å². The van der Waals surface area contributed by atoms with Gasteiger partial charge in [0.2, 0.25) is 17.2 Å². The van der Waals surface area contributed by atoms with Crippen molar-refractivity contribution in [2.45, 2.75) is 31.9 Å². The maximum Gasteiger partial charge on any atom is 0.229 e. The standard InChI is InChI=1S/C9H14ClN5O/c1-5-4-6(2-3-16-5)12-9-14-7(10)13-8(11)15-9/h5-6H,2-4H2,1H3,(H3,11,12,13,14,15). The zero-order chi connectivity index (χ0) is 11.5. The van der Waals surface area contributed by atoms with Gasteiger partial charge in [-0.05, 0) is 31.4 Å². The van der Waals surface area contributed by atoms with E-state index in [0.717, 1.165) is 19.4 Å². The maximum atomic E-state index is 5.69. The summed E-state index contributed by atoms with van der Waals surface area (Å²) < 4.78 is 5.45. The quantitative estimate of drug-likeness (QED) is 0.809. The molecule has 16 heavy (non-hydrogen) atoms. The summed E-state index contributed by atoms with van der Waals surface area (Å²) in [6.07, 6.45) is 2.09. The van der Waals surface area contributed by atoms with Crippen molar-refractivity contribution in [3.8, 4) is 0 Å². The first kappa shape index (κ1) is 11.3. The Kier molecular flexibility index (Phi) is 3.40. The lowest BCUT2D eigenvalue weighted by atomic mass is 10.0. The third-order valence-electron chi connectivity index (χ3n) is 2.44. The number of hydrogen-bond acceptors (Lipinski definition) is 6. The Hall–Kier alpha value is -1.14. The first-order valence-electron chi connectivity index (χ1n) is 5.18. The van der Waals surface area contributed by atoms with Gasteiger partial charge in [-0.2, -0.15) is 15.0 Å². The minimum absolute atomic E-state index is 0.107. The van der Waals surface area contributed by atoms with Crippen molar-refractivity contribution < 1.29 is 4.74 Å². The molecule has 2 rings (SSSR count). The van der Waals surface area contributed by atoms with E-state index in [1.54, 1.807) is 0 Å².